The molecule has 0 radical (unpaired) electrons. The van der Waals surface area contributed by atoms with Crippen molar-refractivity contribution < 1.29 is 9.47 Å². The number of hydrogen-bond donors (Lipinski definition) is 1. The maximum Gasteiger partial charge on any atom is 0.161 e. The Morgan fingerprint density at radius 1 is 1.11 bits per heavy atom. The Morgan fingerprint density at radius 2 is 1.89 bits per heavy atom. The van der Waals surface area contributed by atoms with E-state index in [9.17, 15) is 0 Å². The Morgan fingerprint density at radius 3 is 2.74 bits per heavy atom. The van der Waals surface area contributed by atoms with Gasteiger partial charge in [-0.25, -0.2) is 0 Å². The minimum atomic E-state index is 0.612. The summed E-state index contributed by atoms with van der Waals surface area (Å²) in [6, 6.07) is 7.09. The molecular weight excluding hydrogens is 238 g/mol. The minimum absolute atomic E-state index is 0.612. The fraction of sp³-hybridized carbons (Fsp3) is 0.625. The number of fused-ring (bicyclic) bond motifs is 1. The first-order valence-corrected chi connectivity index (χ1v) is 7.51. The van der Waals surface area contributed by atoms with Gasteiger partial charge in [0.25, 0.3) is 0 Å². The molecule has 1 heterocycles. The maximum atomic E-state index is 5.70. The van der Waals surface area contributed by atoms with Gasteiger partial charge in [-0.05, 0) is 43.0 Å². The van der Waals surface area contributed by atoms with Crippen LogP contribution < -0.4 is 14.8 Å². The summed E-state index contributed by atoms with van der Waals surface area (Å²) in [4.78, 5) is 0. The number of benzene rings is 1. The van der Waals surface area contributed by atoms with Crippen LogP contribution in [0.3, 0.4) is 0 Å². The van der Waals surface area contributed by atoms with Crippen molar-refractivity contribution in [1.82, 2.24) is 5.32 Å². The van der Waals surface area contributed by atoms with E-state index in [0.29, 0.717) is 25.2 Å². The molecule has 1 N–H and O–H groups in total. The van der Waals surface area contributed by atoms with Crippen LogP contribution in [0.5, 0.6) is 11.5 Å². The van der Waals surface area contributed by atoms with Crippen molar-refractivity contribution in [2.45, 2.75) is 44.6 Å². The van der Waals surface area contributed by atoms with Crippen LogP contribution in [0.25, 0.3) is 0 Å². The van der Waals surface area contributed by atoms with Gasteiger partial charge in [0.1, 0.15) is 13.2 Å². The molecule has 0 saturated heterocycles. The smallest absolute Gasteiger partial charge is 0.161 e. The number of nitrogens with one attached hydrogen (secondary N) is 1. The van der Waals surface area contributed by atoms with Gasteiger partial charge >= 0.3 is 0 Å². The van der Waals surface area contributed by atoms with E-state index >= 15 is 0 Å². The Balaban J connectivity index is 1.83. The second kappa shape index (κ2) is 5.83. The van der Waals surface area contributed by atoms with Gasteiger partial charge in [0, 0.05) is 6.04 Å². The van der Waals surface area contributed by atoms with Gasteiger partial charge < -0.3 is 14.8 Å². The SMILES string of the molecule is CCNC1CCCCC1c1ccc2c(c1)OCCO2. The molecule has 0 amide bonds. The highest BCUT2D eigenvalue weighted by Gasteiger charge is 2.26. The molecule has 2 aliphatic rings. The molecule has 2 atom stereocenters. The largest absolute Gasteiger partial charge is 0.486 e. The van der Waals surface area contributed by atoms with Gasteiger partial charge in [0.2, 0.25) is 0 Å². The first-order valence-electron chi connectivity index (χ1n) is 7.51. The molecule has 1 aromatic carbocycles. The molecule has 19 heavy (non-hydrogen) atoms. The summed E-state index contributed by atoms with van der Waals surface area (Å²) in [6.07, 6.45) is 5.24. The number of ether oxygens (including phenoxy) is 2. The van der Waals surface area contributed by atoms with Gasteiger partial charge in [-0.2, -0.15) is 0 Å². The fourth-order valence-corrected chi connectivity index (χ4v) is 3.33. The van der Waals surface area contributed by atoms with Crippen LogP contribution in [-0.4, -0.2) is 25.8 Å². The zero-order valence-corrected chi connectivity index (χ0v) is 11.7. The second-order valence-electron chi connectivity index (χ2n) is 5.46. The van der Waals surface area contributed by atoms with Crippen LogP contribution in [0.1, 0.15) is 44.1 Å². The van der Waals surface area contributed by atoms with Crippen LogP contribution in [-0.2, 0) is 0 Å². The lowest BCUT2D eigenvalue weighted by molar-refractivity contribution is 0.171. The molecular formula is C16H23NO2. The van der Waals surface area contributed by atoms with Crippen molar-refractivity contribution in [3.63, 3.8) is 0 Å². The van der Waals surface area contributed by atoms with Crippen molar-refractivity contribution in [2.75, 3.05) is 19.8 Å². The molecule has 0 bridgehead atoms. The summed E-state index contributed by atoms with van der Waals surface area (Å²) in [5, 5.41) is 3.64. The van der Waals surface area contributed by atoms with Crippen LogP contribution in [0.15, 0.2) is 18.2 Å². The maximum absolute atomic E-state index is 5.70. The van der Waals surface area contributed by atoms with Crippen LogP contribution in [0.2, 0.25) is 0 Å². The molecule has 3 nitrogen and oxygen atoms in total. The van der Waals surface area contributed by atoms with E-state index in [2.05, 4.69) is 30.4 Å². The van der Waals surface area contributed by atoms with Crippen LogP contribution >= 0.6 is 0 Å². The van der Waals surface area contributed by atoms with Crippen LogP contribution in [0, 0.1) is 0 Å². The third kappa shape index (κ3) is 2.71. The van der Waals surface area contributed by atoms with Gasteiger partial charge in [-0.3, -0.25) is 0 Å². The average molecular weight is 261 g/mol. The predicted octanol–water partition coefficient (Wildman–Crippen LogP) is 3.09. The second-order valence-corrected chi connectivity index (χ2v) is 5.46. The number of likely N-dealkylation sites (N-methyl/N-ethyl adjacent to an activating group) is 1. The van der Waals surface area contributed by atoms with Crippen molar-refractivity contribution in [1.29, 1.82) is 0 Å². The predicted molar refractivity (Wildman–Crippen MR) is 76.1 cm³/mol. The highest BCUT2D eigenvalue weighted by molar-refractivity contribution is 5.45. The highest BCUT2D eigenvalue weighted by Crippen LogP contribution is 2.38. The van der Waals surface area contributed by atoms with E-state index in [-0.39, 0.29) is 0 Å². The molecule has 2 unspecified atom stereocenters. The van der Waals surface area contributed by atoms with E-state index in [4.69, 9.17) is 9.47 Å². The normalized spacial score (nSPS) is 26.2. The fourth-order valence-electron chi connectivity index (χ4n) is 3.33. The third-order valence-corrected chi connectivity index (χ3v) is 4.23. The molecule has 1 fully saturated rings. The van der Waals surface area contributed by atoms with Gasteiger partial charge in [-0.1, -0.05) is 25.8 Å². The molecule has 1 saturated carbocycles. The van der Waals surface area contributed by atoms with Gasteiger partial charge in [0.15, 0.2) is 11.5 Å². The summed E-state index contributed by atoms with van der Waals surface area (Å²) in [7, 11) is 0. The topological polar surface area (TPSA) is 30.5 Å². The zero-order valence-electron chi connectivity index (χ0n) is 11.7. The Bertz CT molecular complexity index is 431. The summed E-state index contributed by atoms with van der Waals surface area (Å²) in [6.45, 7) is 4.56. The Kier molecular flexibility index (Phi) is 3.92. The van der Waals surface area contributed by atoms with Gasteiger partial charge in [-0.15, -0.1) is 0 Å². The van der Waals surface area contributed by atoms with Crippen molar-refractivity contribution in [2.24, 2.45) is 0 Å². The lowest BCUT2D eigenvalue weighted by Gasteiger charge is -2.33. The quantitative estimate of drug-likeness (QED) is 0.907. The van der Waals surface area contributed by atoms with E-state index < -0.39 is 0 Å². The first-order chi connectivity index (χ1) is 9.38. The molecule has 104 valence electrons. The first kappa shape index (κ1) is 12.8. The Hall–Kier alpha value is -1.22. The van der Waals surface area contributed by atoms with E-state index in [0.717, 1.165) is 18.0 Å². The third-order valence-electron chi connectivity index (χ3n) is 4.23. The average Bonchev–Trinajstić information content (AvgIpc) is 2.48. The van der Waals surface area contributed by atoms with E-state index in [1.54, 1.807) is 0 Å². The zero-order chi connectivity index (χ0) is 13.1. The van der Waals surface area contributed by atoms with Crippen LogP contribution in [0.4, 0.5) is 0 Å². The molecule has 3 rings (SSSR count). The lowest BCUT2D eigenvalue weighted by Crippen LogP contribution is -2.37. The van der Waals surface area contributed by atoms with E-state index in [1.807, 2.05) is 0 Å². The molecule has 1 aliphatic carbocycles. The van der Waals surface area contributed by atoms with Crippen molar-refractivity contribution in [3.05, 3.63) is 23.8 Å². The molecule has 1 aromatic rings. The molecule has 0 aromatic heterocycles. The van der Waals surface area contributed by atoms with Crippen molar-refractivity contribution in [3.8, 4) is 11.5 Å². The number of hydrogen-bond acceptors (Lipinski definition) is 3. The Labute approximate surface area is 115 Å². The highest BCUT2D eigenvalue weighted by atomic mass is 16.6. The van der Waals surface area contributed by atoms with Crippen molar-refractivity contribution >= 4 is 0 Å². The number of rotatable bonds is 3. The monoisotopic (exact) mass is 261 g/mol. The van der Waals surface area contributed by atoms with Gasteiger partial charge in [0.05, 0.1) is 0 Å². The minimum Gasteiger partial charge on any atom is -0.486 e. The molecule has 3 heteroatoms. The molecule has 0 spiro atoms. The van der Waals surface area contributed by atoms with E-state index in [1.165, 1.54) is 31.2 Å². The standard InChI is InChI=1S/C16H23NO2/c1-2-17-14-6-4-3-5-13(14)12-7-8-15-16(11-12)19-10-9-18-15/h7-8,11,13-14,17H,2-6,9-10H2,1H3. The summed E-state index contributed by atoms with van der Waals surface area (Å²) in [5.41, 5.74) is 1.40. The molecule has 1 aliphatic heterocycles. The summed E-state index contributed by atoms with van der Waals surface area (Å²) >= 11 is 0. The summed E-state index contributed by atoms with van der Waals surface area (Å²) < 4.78 is 11.3. The lowest BCUT2D eigenvalue weighted by atomic mass is 9.80. The summed E-state index contributed by atoms with van der Waals surface area (Å²) in [5.74, 6) is 2.43.